The van der Waals surface area contributed by atoms with E-state index < -0.39 is 5.82 Å². The van der Waals surface area contributed by atoms with E-state index in [2.05, 4.69) is 57.2 Å². The Labute approximate surface area is 251 Å². The van der Waals surface area contributed by atoms with Crippen LogP contribution in [0.25, 0.3) is 16.6 Å². The van der Waals surface area contributed by atoms with Crippen LogP contribution in [0.3, 0.4) is 0 Å². The van der Waals surface area contributed by atoms with Crippen LogP contribution in [0.1, 0.15) is 68.2 Å². The number of pyridine rings is 1. The second-order valence-electron chi connectivity index (χ2n) is 13.2. The molecule has 1 atom stereocenters. The summed E-state index contributed by atoms with van der Waals surface area (Å²) in [4.78, 5) is 27.4. The Bertz CT molecular complexity index is 1390. The molecule has 4 heterocycles. The molecule has 42 heavy (non-hydrogen) atoms. The summed E-state index contributed by atoms with van der Waals surface area (Å²) >= 11 is 0. The average molecular weight is 577 g/mol. The third-order valence-electron chi connectivity index (χ3n) is 9.63. The lowest BCUT2D eigenvalue weighted by Gasteiger charge is -2.46. The predicted octanol–water partition coefficient (Wildman–Crippen LogP) is 5.38. The Kier molecular flexibility index (Phi) is 9.35. The standard InChI is InChI=1S/C34H49FN6O/c1-23(2)32(9-8-12-39-15-13-37(6)14-16-39)40-20-27(21-40)26-17-30(33-19-36-25(5)41(33)22-26)29-11-10-28(35)18-31(29)34(42)38(7)24(3)4/h10-11,17-19,22-24,27,32H,8-9,12-16,20-21H2,1-7H3. The summed E-state index contributed by atoms with van der Waals surface area (Å²) in [5.74, 6) is 1.34. The molecule has 0 radical (unpaired) electrons. The molecule has 8 heteroatoms. The summed E-state index contributed by atoms with van der Waals surface area (Å²) < 4.78 is 16.6. The topological polar surface area (TPSA) is 47.3 Å². The largest absolute Gasteiger partial charge is 0.339 e. The first kappa shape index (κ1) is 30.6. The number of carbonyl (C=O) groups excluding carboxylic acids is 1. The number of carbonyl (C=O) groups is 1. The number of imidazole rings is 1. The number of benzene rings is 1. The molecule has 7 nitrogen and oxygen atoms in total. The molecule has 0 saturated carbocycles. The first-order valence-corrected chi connectivity index (χ1v) is 15.7. The summed E-state index contributed by atoms with van der Waals surface area (Å²) in [5.41, 5.74) is 4.25. The van der Waals surface area contributed by atoms with E-state index in [1.54, 1.807) is 18.0 Å². The van der Waals surface area contributed by atoms with Gasteiger partial charge < -0.3 is 19.1 Å². The number of piperazine rings is 1. The van der Waals surface area contributed by atoms with Crippen LogP contribution >= 0.6 is 0 Å². The van der Waals surface area contributed by atoms with Gasteiger partial charge in [0.2, 0.25) is 0 Å². The fraction of sp³-hybridized carbons (Fsp3) is 0.588. The molecule has 0 aliphatic carbocycles. The summed E-state index contributed by atoms with van der Waals surface area (Å²) in [5, 5.41) is 0. The van der Waals surface area contributed by atoms with Gasteiger partial charge in [0.05, 0.1) is 17.3 Å². The van der Waals surface area contributed by atoms with Crippen LogP contribution in [0.5, 0.6) is 0 Å². The summed E-state index contributed by atoms with van der Waals surface area (Å²) in [6.07, 6.45) is 6.54. The maximum atomic E-state index is 14.5. The van der Waals surface area contributed by atoms with E-state index in [-0.39, 0.29) is 11.9 Å². The molecule has 1 aromatic carbocycles. The van der Waals surface area contributed by atoms with Gasteiger partial charge in [-0.15, -0.1) is 0 Å². The maximum Gasteiger partial charge on any atom is 0.254 e. The molecule has 0 bridgehead atoms. The fourth-order valence-electron chi connectivity index (χ4n) is 6.56. The van der Waals surface area contributed by atoms with Crippen molar-refractivity contribution in [3.63, 3.8) is 0 Å². The highest BCUT2D eigenvalue weighted by atomic mass is 19.1. The summed E-state index contributed by atoms with van der Waals surface area (Å²) in [6.45, 7) is 18.6. The smallest absolute Gasteiger partial charge is 0.254 e. The van der Waals surface area contributed by atoms with Crippen LogP contribution in [-0.2, 0) is 0 Å². The van der Waals surface area contributed by atoms with E-state index in [4.69, 9.17) is 0 Å². The Balaban J connectivity index is 1.36. The van der Waals surface area contributed by atoms with Gasteiger partial charge in [0, 0.05) is 76.1 Å². The predicted molar refractivity (Wildman–Crippen MR) is 169 cm³/mol. The zero-order valence-electron chi connectivity index (χ0n) is 26.6. The highest BCUT2D eigenvalue weighted by Gasteiger charge is 2.35. The van der Waals surface area contributed by atoms with Gasteiger partial charge >= 0.3 is 0 Å². The molecule has 1 unspecified atom stereocenters. The maximum absolute atomic E-state index is 14.5. The van der Waals surface area contributed by atoms with Crippen molar-refractivity contribution in [1.29, 1.82) is 0 Å². The van der Waals surface area contributed by atoms with Crippen molar-refractivity contribution in [2.24, 2.45) is 5.92 Å². The van der Waals surface area contributed by atoms with Gasteiger partial charge in [-0.1, -0.05) is 19.9 Å². The van der Waals surface area contributed by atoms with Crippen molar-refractivity contribution in [3.8, 4) is 11.1 Å². The number of aromatic nitrogens is 2. The SMILES string of the molecule is Cc1ncc2c(-c3ccc(F)cc3C(=O)N(C)C(C)C)cc(C3CN(C(CCCN4CCN(C)CC4)C(C)C)C3)cn12. The van der Waals surface area contributed by atoms with Gasteiger partial charge in [0.1, 0.15) is 11.6 Å². The lowest BCUT2D eigenvalue weighted by atomic mass is 9.85. The Morgan fingerprint density at radius 3 is 2.45 bits per heavy atom. The van der Waals surface area contributed by atoms with Crippen LogP contribution in [0.15, 0.2) is 36.7 Å². The molecule has 0 spiro atoms. The molecule has 1 amide bonds. The molecule has 5 rings (SSSR count). The highest BCUT2D eigenvalue weighted by Crippen LogP contribution is 2.37. The minimum absolute atomic E-state index is 0.00796. The van der Waals surface area contributed by atoms with Crippen molar-refractivity contribution in [3.05, 3.63) is 59.4 Å². The molecular weight excluding hydrogens is 527 g/mol. The number of hydrogen-bond acceptors (Lipinski definition) is 5. The van der Waals surface area contributed by atoms with Crippen LogP contribution in [0.2, 0.25) is 0 Å². The highest BCUT2D eigenvalue weighted by molar-refractivity contribution is 6.02. The number of hydrogen-bond donors (Lipinski definition) is 0. The number of likely N-dealkylation sites (N-methyl/N-ethyl adjacent to an activating group) is 1. The van der Waals surface area contributed by atoms with Crippen LogP contribution in [-0.4, -0.2) is 107 Å². The quantitative estimate of drug-likeness (QED) is 0.324. The van der Waals surface area contributed by atoms with Gasteiger partial charge in [0.15, 0.2) is 0 Å². The molecule has 2 aliphatic rings. The normalized spacial score (nSPS) is 18.2. The summed E-state index contributed by atoms with van der Waals surface area (Å²) in [6, 6.07) is 7.39. The number of rotatable bonds is 10. The van der Waals surface area contributed by atoms with Gasteiger partial charge in [-0.05, 0) is 82.4 Å². The van der Waals surface area contributed by atoms with E-state index in [9.17, 15) is 9.18 Å². The third-order valence-corrected chi connectivity index (χ3v) is 9.63. The monoisotopic (exact) mass is 576 g/mol. The molecule has 2 aromatic heterocycles. The van der Waals surface area contributed by atoms with Crippen molar-refractivity contribution in [2.45, 2.75) is 65.5 Å². The van der Waals surface area contributed by atoms with Crippen LogP contribution in [0, 0.1) is 18.7 Å². The second-order valence-corrected chi connectivity index (χ2v) is 13.2. The average Bonchev–Trinajstić information content (AvgIpc) is 3.31. The number of likely N-dealkylation sites (tertiary alicyclic amines) is 1. The second kappa shape index (κ2) is 12.8. The van der Waals surface area contributed by atoms with Gasteiger partial charge in [-0.3, -0.25) is 9.69 Å². The minimum atomic E-state index is -0.405. The van der Waals surface area contributed by atoms with Crippen molar-refractivity contribution >= 4 is 11.4 Å². The lowest BCUT2D eigenvalue weighted by Crippen LogP contribution is -2.52. The molecular formula is C34H49FN6O. The zero-order chi connectivity index (χ0) is 30.1. The van der Waals surface area contributed by atoms with Crippen LogP contribution in [0.4, 0.5) is 4.39 Å². The van der Waals surface area contributed by atoms with E-state index >= 15 is 0 Å². The number of fused-ring (bicyclic) bond motifs is 1. The first-order valence-electron chi connectivity index (χ1n) is 15.7. The fourth-order valence-corrected chi connectivity index (χ4v) is 6.56. The van der Waals surface area contributed by atoms with Crippen LogP contribution < -0.4 is 0 Å². The Morgan fingerprint density at radius 2 is 1.79 bits per heavy atom. The number of amides is 1. The van der Waals surface area contributed by atoms with Crippen molar-refractivity contribution in [1.82, 2.24) is 29.0 Å². The van der Waals surface area contributed by atoms with E-state index in [0.29, 0.717) is 23.4 Å². The number of aryl methyl sites for hydroxylation is 1. The summed E-state index contributed by atoms with van der Waals surface area (Å²) in [7, 11) is 3.99. The molecule has 3 aromatic rings. The first-order chi connectivity index (χ1) is 20.0. The lowest BCUT2D eigenvalue weighted by molar-refractivity contribution is 0.0553. The van der Waals surface area contributed by atoms with Crippen molar-refractivity contribution < 1.29 is 9.18 Å². The molecule has 0 N–H and O–H groups in total. The van der Waals surface area contributed by atoms with E-state index in [1.807, 2.05) is 27.0 Å². The molecule has 2 saturated heterocycles. The minimum Gasteiger partial charge on any atom is -0.339 e. The molecule has 228 valence electrons. The number of nitrogens with zero attached hydrogens (tertiary/aromatic N) is 6. The van der Waals surface area contributed by atoms with Gasteiger partial charge in [0.25, 0.3) is 5.91 Å². The number of halogens is 1. The Hall–Kier alpha value is -2.81. The third kappa shape index (κ3) is 6.41. The van der Waals surface area contributed by atoms with Gasteiger partial charge in [-0.25, -0.2) is 9.37 Å². The molecule has 2 fully saturated rings. The van der Waals surface area contributed by atoms with Crippen molar-refractivity contribution in [2.75, 3.05) is 59.9 Å². The molecule has 2 aliphatic heterocycles. The van der Waals surface area contributed by atoms with Gasteiger partial charge in [-0.2, -0.15) is 0 Å². The zero-order valence-corrected chi connectivity index (χ0v) is 26.6. The van der Waals surface area contributed by atoms with E-state index in [1.165, 1.54) is 63.3 Å². The van der Waals surface area contributed by atoms with E-state index in [0.717, 1.165) is 35.6 Å². The Morgan fingerprint density at radius 1 is 1.07 bits per heavy atom.